The largest absolute Gasteiger partial charge is 0.368 e. The van der Waals surface area contributed by atoms with Crippen LogP contribution in [0.1, 0.15) is 57.7 Å². The van der Waals surface area contributed by atoms with Gasteiger partial charge >= 0.3 is 0 Å². The number of thiophene rings is 1. The summed E-state index contributed by atoms with van der Waals surface area (Å²) in [7, 11) is 0. The van der Waals surface area contributed by atoms with Gasteiger partial charge in [0.1, 0.15) is 0 Å². The molecule has 2 aliphatic rings. The van der Waals surface area contributed by atoms with Crippen molar-refractivity contribution in [1.82, 2.24) is 9.80 Å². The third-order valence-corrected chi connectivity index (χ3v) is 8.33. The summed E-state index contributed by atoms with van der Waals surface area (Å²) < 4.78 is 0. The molecule has 0 aliphatic carbocycles. The Kier molecular flexibility index (Phi) is 6.89. The lowest BCUT2D eigenvalue weighted by molar-refractivity contribution is -0.135. The highest BCUT2D eigenvalue weighted by Crippen LogP contribution is 2.45. The quantitative estimate of drug-likeness (QED) is 0.454. The number of nitrogens with zero attached hydrogens (tertiary/aromatic N) is 3. The van der Waals surface area contributed by atoms with Gasteiger partial charge in [-0.2, -0.15) is 0 Å². The fourth-order valence-corrected chi connectivity index (χ4v) is 6.63. The Hall–Kier alpha value is -3.12. The van der Waals surface area contributed by atoms with Crippen LogP contribution in [0, 0.1) is 19.8 Å². The van der Waals surface area contributed by atoms with Gasteiger partial charge in [0.25, 0.3) is 5.91 Å². The second-order valence-corrected chi connectivity index (χ2v) is 11.5. The minimum absolute atomic E-state index is 0.0291. The molecule has 36 heavy (non-hydrogen) atoms. The highest BCUT2D eigenvalue weighted by molar-refractivity contribution is 7.10. The Morgan fingerprint density at radius 3 is 2.42 bits per heavy atom. The summed E-state index contributed by atoms with van der Waals surface area (Å²) in [5, 5.41) is 2.04. The van der Waals surface area contributed by atoms with Crippen LogP contribution in [0.15, 0.2) is 60.0 Å². The van der Waals surface area contributed by atoms with Crippen molar-refractivity contribution >= 4 is 28.8 Å². The summed E-state index contributed by atoms with van der Waals surface area (Å²) in [6.45, 7) is 12.1. The summed E-state index contributed by atoms with van der Waals surface area (Å²) in [5.41, 5.74) is 5.32. The van der Waals surface area contributed by atoms with E-state index in [-0.39, 0.29) is 17.9 Å². The molecule has 0 saturated carbocycles. The maximum absolute atomic E-state index is 14.3. The molecular weight excluding hydrogens is 466 g/mol. The first kappa shape index (κ1) is 24.6. The van der Waals surface area contributed by atoms with Crippen LogP contribution in [0.4, 0.5) is 5.69 Å². The Balaban J connectivity index is 1.46. The number of anilines is 1. The molecule has 0 N–H and O–H groups in total. The molecule has 5 nitrogen and oxygen atoms in total. The number of hydrogen-bond donors (Lipinski definition) is 0. The molecule has 188 valence electrons. The average molecular weight is 502 g/mol. The first-order chi connectivity index (χ1) is 17.3. The predicted octanol–water partition coefficient (Wildman–Crippen LogP) is 5.65. The monoisotopic (exact) mass is 501 g/mol. The molecule has 5 rings (SSSR count). The van der Waals surface area contributed by atoms with Crippen molar-refractivity contribution in [3.63, 3.8) is 0 Å². The number of rotatable bonds is 5. The van der Waals surface area contributed by atoms with E-state index in [1.165, 1.54) is 16.8 Å². The lowest BCUT2D eigenvalue weighted by Crippen LogP contribution is -2.53. The molecule has 1 saturated heterocycles. The number of piperazine rings is 1. The number of carbonyl (C=O) groups excluding carboxylic acids is 2. The minimum atomic E-state index is -0.399. The molecule has 0 radical (unpaired) electrons. The van der Waals surface area contributed by atoms with Gasteiger partial charge < -0.3 is 14.7 Å². The summed E-state index contributed by atoms with van der Waals surface area (Å²) >= 11 is 1.63. The van der Waals surface area contributed by atoms with Gasteiger partial charge in [-0.3, -0.25) is 9.59 Å². The van der Waals surface area contributed by atoms with Crippen LogP contribution in [0.25, 0.3) is 0 Å². The molecule has 2 aromatic carbocycles. The highest BCUT2D eigenvalue weighted by Gasteiger charge is 2.46. The van der Waals surface area contributed by atoms with Gasteiger partial charge in [-0.05, 0) is 54.5 Å². The Morgan fingerprint density at radius 2 is 1.75 bits per heavy atom. The molecule has 1 aromatic heterocycles. The van der Waals surface area contributed by atoms with Gasteiger partial charge in [0, 0.05) is 48.9 Å². The lowest BCUT2D eigenvalue weighted by atomic mass is 9.80. The smallest absolute Gasteiger partial charge is 0.254 e. The van der Waals surface area contributed by atoms with Crippen LogP contribution in [0.2, 0.25) is 0 Å². The molecule has 0 unspecified atom stereocenters. The molecule has 3 aromatic rings. The van der Waals surface area contributed by atoms with Crippen LogP contribution in [0.5, 0.6) is 0 Å². The van der Waals surface area contributed by atoms with Crippen LogP contribution in [-0.2, 0) is 4.79 Å². The van der Waals surface area contributed by atoms with Gasteiger partial charge in [-0.1, -0.05) is 55.8 Å². The van der Waals surface area contributed by atoms with E-state index in [4.69, 9.17) is 0 Å². The fraction of sp³-hybridized carbons (Fsp3) is 0.400. The molecule has 2 aliphatic heterocycles. The zero-order valence-electron chi connectivity index (χ0n) is 21.6. The number of benzene rings is 2. The molecular formula is C30H35N3O2S. The van der Waals surface area contributed by atoms with Crippen molar-refractivity contribution in [2.45, 2.75) is 39.7 Å². The zero-order valence-corrected chi connectivity index (χ0v) is 22.4. The van der Waals surface area contributed by atoms with Crippen LogP contribution in [-0.4, -0.2) is 54.3 Å². The Labute approximate surface area is 218 Å². The fourth-order valence-electron chi connectivity index (χ4n) is 5.75. The van der Waals surface area contributed by atoms with Crippen molar-refractivity contribution in [1.29, 1.82) is 0 Å². The molecule has 0 spiro atoms. The van der Waals surface area contributed by atoms with Gasteiger partial charge in [-0.15, -0.1) is 11.3 Å². The van der Waals surface area contributed by atoms with E-state index in [9.17, 15) is 9.59 Å². The third-order valence-electron chi connectivity index (χ3n) is 7.39. The van der Waals surface area contributed by atoms with E-state index >= 15 is 0 Å². The lowest BCUT2D eigenvalue weighted by Gasteiger charge is -2.45. The van der Waals surface area contributed by atoms with Crippen molar-refractivity contribution in [3.05, 3.63) is 87.1 Å². The molecule has 2 amide bonds. The second kappa shape index (κ2) is 10.1. The number of amides is 2. The Morgan fingerprint density at radius 1 is 1.00 bits per heavy atom. The van der Waals surface area contributed by atoms with E-state index in [0.29, 0.717) is 31.1 Å². The van der Waals surface area contributed by atoms with Crippen LogP contribution < -0.4 is 4.90 Å². The average Bonchev–Trinajstić information content (AvgIpc) is 3.40. The number of hydrogen-bond acceptors (Lipinski definition) is 4. The first-order valence-electron chi connectivity index (χ1n) is 12.9. The zero-order chi connectivity index (χ0) is 25.4. The van der Waals surface area contributed by atoms with E-state index in [2.05, 4.69) is 56.9 Å². The number of carbonyl (C=O) groups is 2. The van der Waals surface area contributed by atoms with E-state index in [1.807, 2.05) is 45.5 Å². The molecule has 0 bridgehead atoms. The third kappa shape index (κ3) is 4.55. The number of fused-ring (bicyclic) bond motifs is 1. The van der Waals surface area contributed by atoms with Crippen molar-refractivity contribution in [2.75, 3.05) is 37.6 Å². The normalized spacial score (nSPS) is 20.1. The summed E-state index contributed by atoms with van der Waals surface area (Å²) in [6.07, 6.45) is 0. The molecule has 6 heteroatoms. The first-order valence-corrected chi connectivity index (χ1v) is 13.8. The second-order valence-electron chi connectivity index (χ2n) is 10.5. The van der Waals surface area contributed by atoms with E-state index in [1.54, 1.807) is 11.3 Å². The van der Waals surface area contributed by atoms with E-state index < -0.39 is 5.92 Å². The van der Waals surface area contributed by atoms with Crippen molar-refractivity contribution in [2.24, 2.45) is 5.92 Å². The van der Waals surface area contributed by atoms with Crippen LogP contribution in [0.3, 0.4) is 0 Å². The maximum atomic E-state index is 14.3. The molecule has 2 atom stereocenters. The maximum Gasteiger partial charge on any atom is 0.254 e. The summed E-state index contributed by atoms with van der Waals surface area (Å²) in [6, 6.07) is 18.1. The van der Waals surface area contributed by atoms with Crippen molar-refractivity contribution in [3.8, 4) is 0 Å². The number of aryl methyl sites for hydroxylation is 2. The summed E-state index contributed by atoms with van der Waals surface area (Å²) in [4.78, 5) is 35.4. The molecule has 1 fully saturated rings. The highest BCUT2D eigenvalue weighted by atomic mass is 32.1. The minimum Gasteiger partial charge on any atom is -0.368 e. The van der Waals surface area contributed by atoms with Gasteiger partial charge in [0.15, 0.2) is 0 Å². The van der Waals surface area contributed by atoms with Crippen molar-refractivity contribution < 1.29 is 9.59 Å². The van der Waals surface area contributed by atoms with Gasteiger partial charge in [0.05, 0.1) is 12.0 Å². The van der Waals surface area contributed by atoms with Gasteiger partial charge in [-0.25, -0.2) is 0 Å². The van der Waals surface area contributed by atoms with E-state index in [0.717, 1.165) is 23.5 Å². The predicted molar refractivity (Wildman–Crippen MR) is 147 cm³/mol. The Bertz CT molecular complexity index is 1240. The van der Waals surface area contributed by atoms with Gasteiger partial charge in [0.2, 0.25) is 5.91 Å². The van der Waals surface area contributed by atoms with Crippen LogP contribution >= 0.6 is 11.3 Å². The SMILES string of the molecule is Cc1ccc(N2CCN(C(=O)[C@H]3c4ccccc4C(=O)N(CC(C)C)[C@H]3c3cccs3)CC2)c(C)c1. The standard InChI is InChI=1S/C30H35N3O2S/c1-20(2)19-33-28(26-10-7-17-36-26)27(23-8-5-6-9-24(23)29(33)34)30(35)32-15-13-31(14-16-32)25-12-11-21(3)18-22(25)4/h5-12,17-18,20,27-28H,13-16,19H2,1-4H3/t27-,28-/m0/s1. The summed E-state index contributed by atoms with van der Waals surface area (Å²) in [5.74, 6) is 0.0616. The topological polar surface area (TPSA) is 43.9 Å². The molecule has 3 heterocycles.